The molecule has 2 amide bonds. The molecular weight excluding hydrogens is 364 g/mol. The number of anilines is 2. The van der Waals surface area contributed by atoms with E-state index in [2.05, 4.69) is 5.32 Å². The van der Waals surface area contributed by atoms with Gasteiger partial charge in [-0.1, -0.05) is 6.07 Å². The zero-order chi connectivity index (χ0) is 19.2. The van der Waals surface area contributed by atoms with Gasteiger partial charge in [0.25, 0.3) is 5.91 Å². The van der Waals surface area contributed by atoms with Crippen LogP contribution in [-0.2, 0) is 20.7 Å². The minimum atomic E-state index is -0.374. The van der Waals surface area contributed by atoms with E-state index in [1.54, 1.807) is 17.9 Å². The molecule has 0 saturated heterocycles. The van der Waals surface area contributed by atoms with Crippen LogP contribution in [0.15, 0.2) is 35.7 Å². The molecular formula is C20H22N2O4S. The lowest BCUT2D eigenvalue weighted by atomic mass is 10.0. The molecule has 27 heavy (non-hydrogen) atoms. The maximum absolute atomic E-state index is 12.7. The number of fused-ring (bicyclic) bond motifs is 1. The first-order valence-corrected chi connectivity index (χ1v) is 9.90. The van der Waals surface area contributed by atoms with E-state index in [1.807, 2.05) is 29.6 Å². The number of hydrogen-bond donors (Lipinski definition) is 1. The Morgan fingerprint density at radius 1 is 1.22 bits per heavy atom. The predicted molar refractivity (Wildman–Crippen MR) is 105 cm³/mol. The van der Waals surface area contributed by atoms with Crippen molar-refractivity contribution in [2.45, 2.75) is 32.6 Å². The molecule has 142 valence electrons. The lowest BCUT2D eigenvalue weighted by Gasteiger charge is -2.29. The predicted octanol–water partition coefficient (Wildman–Crippen LogP) is 3.62. The third-order valence-corrected chi connectivity index (χ3v) is 5.18. The number of hydrogen-bond acceptors (Lipinski definition) is 5. The number of ether oxygens (including phenoxy) is 1. The monoisotopic (exact) mass is 386 g/mol. The number of rotatable bonds is 6. The van der Waals surface area contributed by atoms with Crippen molar-refractivity contribution in [2.75, 3.05) is 23.4 Å². The maximum Gasteiger partial charge on any atom is 0.306 e. The van der Waals surface area contributed by atoms with Crippen LogP contribution in [0.3, 0.4) is 0 Å². The fraction of sp³-hybridized carbons (Fsp3) is 0.350. The molecule has 0 bridgehead atoms. The molecule has 0 radical (unpaired) electrons. The van der Waals surface area contributed by atoms with Gasteiger partial charge in [-0.15, -0.1) is 11.3 Å². The fourth-order valence-electron chi connectivity index (χ4n) is 3.09. The number of amides is 2. The second kappa shape index (κ2) is 8.81. The Kier molecular flexibility index (Phi) is 6.24. The highest BCUT2D eigenvalue weighted by atomic mass is 32.1. The van der Waals surface area contributed by atoms with E-state index in [-0.39, 0.29) is 30.6 Å². The largest absolute Gasteiger partial charge is 0.466 e. The number of carbonyl (C=O) groups excluding carboxylic acids is 3. The van der Waals surface area contributed by atoms with Gasteiger partial charge in [0.15, 0.2) is 0 Å². The highest BCUT2D eigenvalue weighted by molar-refractivity contribution is 7.12. The highest BCUT2D eigenvalue weighted by Crippen LogP contribution is 2.31. The Hall–Kier alpha value is -2.67. The molecule has 0 unspecified atom stereocenters. The van der Waals surface area contributed by atoms with Crippen LogP contribution in [0.2, 0.25) is 0 Å². The zero-order valence-corrected chi connectivity index (χ0v) is 16.0. The first-order chi connectivity index (χ1) is 13.1. The first-order valence-electron chi connectivity index (χ1n) is 9.02. The molecule has 0 atom stereocenters. The number of nitrogens with one attached hydrogen (secondary N) is 1. The topological polar surface area (TPSA) is 75.7 Å². The van der Waals surface area contributed by atoms with Gasteiger partial charge in [-0.05, 0) is 55.0 Å². The fourth-order valence-corrected chi connectivity index (χ4v) is 3.76. The smallest absolute Gasteiger partial charge is 0.306 e. The zero-order valence-electron chi connectivity index (χ0n) is 15.2. The van der Waals surface area contributed by atoms with Gasteiger partial charge in [-0.25, -0.2) is 0 Å². The van der Waals surface area contributed by atoms with Gasteiger partial charge in [-0.2, -0.15) is 0 Å². The Bertz CT molecular complexity index is 833. The maximum atomic E-state index is 12.7. The Labute approximate surface area is 162 Å². The Morgan fingerprint density at radius 2 is 2.07 bits per heavy atom. The summed E-state index contributed by atoms with van der Waals surface area (Å²) in [5, 5.41) is 4.71. The van der Waals surface area contributed by atoms with Crippen LogP contribution in [-0.4, -0.2) is 30.9 Å². The Morgan fingerprint density at radius 3 is 2.81 bits per heavy atom. The van der Waals surface area contributed by atoms with Crippen LogP contribution in [0.5, 0.6) is 0 Å². The van der Waals surface area contributed by atoms with Gasteiger partial charge in [-0.3, -0.25) is 14.4 Å². The normalized spacial score (nSPS) is 13.0. The van der Waals surface area contributed by atoms with E-state index in [4.69, 9.17) is 4.74 Å². The van der Waals surface area contributed by atoms with Crippen molar-refractivity contribution >= 4 is 40.5 Å². The van der Waals surface area contributed by atoms with Crippen LogP contribution in [0.1, 0.15) is 41.4 Å². The lowest BCUT2D eigenvalue weighted by molar-refractivity contribution is -0.144. The van der Waals surface area contributed by atoms with E-state index < -0.39 is 0 Å². The van der Waals surface area contributed by atoms with Gasteiger partial charge in [0.05, 0.1) is 17.9 Å². The van der Waals surface area contributed by atoms with Crippen LogP contribution >= 0.6 is 11.3 Å². The SMILES string of the molecule is CCOC(=O)CCC(=O)Nc1ccc2c(c1)CCCN2C(=O)c1cccs1. The molecule has 1 aromatic carbocycles. The molecule has 6 nitrogen and oxygen atoms in total. The van der Waals surface area contributed by atoms with Crippen molar-refractivity contribution in [3.8, 4) is 0 Å². The summed E-state index contributed by atoms with van der Waals surface area (Å²) in [5.74, 6) is -0.594. The molecule has 0 saturated carbocycles. The molecule has 0 spiro atoms. The molecule has 2 aromatic rings. The first kappa shape index (κ1) is 19.1. The average Bonchev–Trinajstić information content (AvgIpc) is 3.20. The summed E-state index contributed by atoms with van der Waals surface area (Å²) in [6, 6.07) is 9.28. The van der Waals surface area contributed by atoms with Crippen LogP contribution < -0.4 is 10.2 Å². The number of benzene rings is 1. The van der Waals surface area contributed by atoms with Crippen molar-refractivity contribution in [1.29, 1.82) is 0 Å². The lowest BCUT2D eigenvalue weighted by Crippen LogP contribution is -2.35. The average molecular weight is 386 g/mol. The minimum absolute atomic E-state index is 0.0113. The summed E-state index contributed by atoms with van der Waals surface area (Å²) in [7, 11) is 0. The van der Waals surface area contributed by atoms with Crippen molar-refractivity contribution in [1.82, 2.24) is 0 Å². The number of thiophene rings is 1. The molecule has 1 N–H and O–H groups in total. The Balaban J connectivity index is 1.66. The van der Waals surface area contributed by atoms with E-state index in [9.17, 15) is 14.4 Å². The summed E-state index contributed by atoms with van der Waals surface area (Å²) >= 11 is 1.44. The van der Waals surface area contributed by atoms with Gasteiger partial charge in [0.2, 0.25) is 5.91 Å². The van der Waals surface area contributed by atoms with Gasteiger partial charge >= 0.3 is 5.97 Å². The van der Waals surface area contributed by atoms with Crippen molar-refractivity contribution in [3.05, 3.63) is 46.2 Å². The van der Waals surface area contributed by atoms with E-state index in [0.717, 1.165) is 29.0 Å². The minimum Gasteiger partial charge on any atom is -0.466 e. The molecule has 0 aliphatic carbocycles. The quantitative estimate of drug-likeness (QED) is 0.770. The summed E-state index contributed by atoms with van der Waals surface area (Å²) in [6.45, 7) is 2.73. The third-order valence-electron chi connectivity index (χ3n) is 4.32. The van der Waals surface area contributed by atoms with E-state index in [0.29, 0.717) is 18.8 Å². The molecule has 1 aliphatic heterocycles. The summed E-state index contributed by atoms with van der Waals surface area (Å²) in [5.41, 5.74) is 2.60. The van der Waals surface area contributed by atoms with Gasteiger partial charge in [0, 0.05) is 24.3 Å². The number of aryl methyl sites for hydroxylation is 1. The molecule has 1 aromatic heterocycles. The molecule has 1 aliphatic rings. The standard InChI is InChI=1S/C20H22N2O4S/c1-2-26-19(24)10-9-18(23)21-15-7-8-16-14(13-15)5-3-11-22(16)20(25)17-6-4-12-27-17/h4,6-8,12-13H,2-3,5,9-11H2,1H3,(H,21,23). The molecule has 2 heterocycles. The highest BCUT2D eigenvalue weighted by Gasteiger charge is 2.24. The number of carbonyl (C=O) groups is 3. The third kappa shape index (κ3) is 4.74. The van der Waals surface area contributed by atoms with Crippen molar-refractivity contribution in [2.24, 2.45) is 0 Å². The summed E-state index contributed by atoms with van der Waals surface area (Å²) in [6.07, 6.45) is 1.88. The molecule has 7 heteroatoms. The van der Waals surface area contributed by atoms with Crippen LogP contribution in [0, 0.1) is 0 Å². The second-order valence-corrected chi connectivity index (χ2v) is 7.18. The summed E-state index contributed by atoms with van der Waals surface area (Å²) < 4.78 is 4.83. The van der Waals surface area contributed by atoms with Gasteiger partial charge in [0.1, 0.15) is 0 Å². The number of nitrogens with zero attached hydrogens (tertiary/aromatic N) is 1. The number of esters is 1. The van der Waals surface area contributed by atoms with Crippen molar-refractivity contribution in [3.63, 3.8) is 0 Å². The van der Waals surface area contributed by atoms with Crippen molar-refractivity contribution < 1.29 is 19.1 Å². The van der Waals surface area contributed by atoms with E-state index in [1.165, 1.54) is 11.3 Å². The molecule has 3 rings (SSSR count). The van der Waals surface area contributed by atoms with Gasteiger partial charge < -0.3 is 15.0 Å². The second-order valence-electron chi connectivity index (χ2n) is 6.23. The van der Waals surface area contributed by atoms with E-state index >= 15 is 0 Å². The molecule has 0 fully saturated rings. The van der Waals surface area contributed by atoms with Crippen LogP contribution in [0.4, 0.5) is 11.4 Å². The van der Waals surface area contributed by atoms with Crippen LogP contribution in [0.25, 0.3) is 0 Å². The summed E-state index contributed by atoms with van der Waals surface area (Å²) in [4.78, 5) is 38.6.